The molecular weight excluding hydrogens is 541 g/mol. The summed E-state index contributed by atoms with van der Waals surface area (Å²) in [7, 11) is 0. The Morgan fingerprint density at radius 3 is 2.05 bits per heavy atom. The zero-order valence-electron chi connectivity index (χ0n) is 26.4. The number of rotatable bonds is 16. The minimum atomic E-state index is 1.07. The van der Waals surface area contributed by atoms with E-state index in [2.05, 4.69) is 118 Å². The number of allylic oxidation sites excluding steroid dienone is 2. The molecule has 1 aromatic heterocycles. The van der Waals surface area contributed by atoms with E-state index in [1.165, 1.54) is 105 Å². The first kappa shape index (κ1) is 31.8. The van der Waals surface area contributed by atoms with Gasteiger partial charge in [0.05, 0.1) is 69.5 Å². The standard InChI is InChI=1S/C35H53N4S2/c1-7-38(8-2,9-3)28-18-26-36-30-20-13-15-22-32(30)40-34(36)24-17-25-35-37(31-21-14-16-23-33(31)41-35)27-19-29-39(10-4,11-5)12-6/h13-17,20-25H,7-12,18-19,26-29H2,1-6H3/q+3. The fourth-order valence-electron chi connectivity index (χ4n) is 6.45. The SMILES string of the molecule is CC[N+](CC)(CC)CCCN1C(=CC=Cc2sc3ccccc3[n+]2CCC[N+](CC)(CC)CC)Sc2ccccc21. The lowest BCUT2D eigenvalue weighted by molar-refractivity contribution is -0.925. The fourth-order valence-corrected chi connectivity index (χ4v) is 8.65. The lowest BCUT2D eigenvalue weighted by atomic mass is 10.2. The Kier molecular flexibility index (Phi) is 11.5. The molecule has 2 heterocycles. The Morgan fingerprint density at radius 1 is 0.756 bits per heavy atom. The van der Waals surface area contributed by atoms with Crippen LogP contribution in [0.1, 0.15) is 59.4 Å². The molecule has 2 aromatic carbocycles. The molecule has 4 nitrogen and oxygen atoms in total. The molecule has 0 unspecified atom stereocenters. The van der Waals surface area contributed by atoms with E-state index < -0.39 is 0 Å². The Bertz CT molecular complexity index is 1300. The highest BCUT2D eigenvalue weighted by atomic mass is 32.2. The van der Waals surface area contributed by atoms with Crippen LogP contribution in [-0.2, 0) is 6.54 Å². The third kappa shape index (κ3) is 7.27. The van der Waals surface area contributed by atoms with Gasteiger partial charge in [0.2, 0.25) is 5.52 Å². The van der Waals surface area contributed by atoms with Gasteiger partial charge in [-0.25, -0.2) is 0 Å². The number of benzene rings is 2. The van der Waals surface area contributed by atoms with Crippen LogP contribution in [0.3, 0.4) is 0 Å². The second-order valence-corrected chi connectivity index (χ2v) is 13.5. The number of para-hydroxylation sites is 2. The molecule has 1 aliphatic rings. The van der Waals surface area contributed by atoms with E-state index >= 15 is 0 Å². The minimum absolute atomic E-state index is 1.07. The summed E-state index contributed by atoms with van der Waals surface area (Å²) in [6.45, 7) is 26.0. The average Bonchev–Trinajstić information content (AvgIpc) is 3.55. The average molecular weight is 594 g/mol. The second-order valence-electron chi connectivity index (χ2n) is 11.4. The van der Waals surface area contributed by atoms with E-state index in [4.69, 9.17) is 0 Å². The van der Waals surface area contributed by atoms with E-state index in [-0.39, 0.29) is 0 Å². The molecule has 0 saturated heterocycles. The number of hydrogen-bond donors (Lipinski definition) is 0. The molecule has 0 fully saturated rings. The van der Waals surface area contributed by atoms with Crippen molar-refractivity contribution in [2.75, 3.05) is 63.8 Å². The van der Waals surface area contributed by atoms with Crippen LogP contribution in [0.4, 0.5) is 5.69 Å². The van der Waals surface area contributed by atoms with Crippen molar-refractivity contribution in [1.29, 1.82) is 0 Å². The monoisotopic (exact) mass is 593 g/mol. The van der Waals surface area contributed by atoms with E-state index in [1.54, 1.807) is 0 Å². The molecule has 0 atom stereocenters. The van der Waals surface area contributed by atoms with Gasteiger partial charge in [-0.1, -0.05) is 53.4 Å². The van der Waals surface area contributed by atoms with Gasteiger partial charge in [-0.15, -0.1) is 0 Å². The predicted molar refractivity (Wildman–Crippen MR) is 182 cm³/mol. The zero-order chi connectivity index (χ0) is 29.3. The van der Waals surface area contributed by atoms with E-state index in [0.29, 0.717) is 0 Å². The number of hydrogen-bond acceptors (Lipinski definition) is 3. The number of aryl methyl sites for hydroxylation is 1. The number of thiazole rings is 1. The van der Waals surface area contributed by atoms with E-state index in [9.17, 15) is 0 Å². The van der Waals surface area contributed by atoms with Gasteiger partial charge in [-0.2, -0.15) is 4.57 Å². The maximum atomic E-state index is 2.55. The largest absolute Gasteiger partial charge is 0.335 e. The topological polar surface area (TPSA) is 7.12 Å². The molecule has 3 aromatic rings. The van der Waals surface area contributed by atoms with Crippen LogP contribution >= 0.6 is 23.1 Å². The van der Waals surface area contributed by atoms with Crippen molar-refractivity contribution in [3.63, 3.8) is 0 Å². The molecule has 0 N–H and O–H groups in total. The molecule has 0 spiro atoms. The van der Waals surface area contributed by atoms with Crippen molar-refractivity contribution in [3.8, 4) is 0 Å². The van der Waals surface area contributed by atoms with Crippen molar-refractivity contribution in [1.82, 2.24) is 0 Å². The smallest absolute Gasteiger partial charge is 0.262 e. The number of nitrogens with zero attached hydrogens (tertiary/aromatic N) is 4. The van der Waals surface area contributed by atoms with Crippen LogP contribution in [-0.4, -0.2) is 67.9 Å². The number of aromatic nitrogens is 1. The quantitative estimate of drug-likeness (QED) is 0.122. The molecule has 41 heavy (non-hydrogen) atoms. The third-order valence-corrected chi connectivity index (χ3v) is 12.1. The predicted octanol–water partition coefficient (Wildman–Crippen LogP) is 8.19. The Hall–Kier alpha value is -2.12. The Labute approximate surface area is 258 Å². The van der Waals surface area contributed by atoms with Crippen LogP contribution < -0.4 is 9.47 Å². The molecule has 0 radical (unpaired) electrons. The first-order chi connectivity index (χ1) is 20.0. The highest BCUT2D eigenvalue weighted by Crippen LogP contribution is 2.45. The summed E-state index contributed by atoms with van der Waals surface area (Å²) in [4.78, 5) is 3.92. The van der Waals surface area contributed by atoms with Crippen molar-refractivity contribution < 1.29 is 13.5 Å². The third-order valence-electron chi connectivity index (χ3n) is 9.80. The molecular formula is C35H53N4S2+3. The summed E-state index contributed by atoms with van der Waals surface area (Å²) in [6.07, 6.45) is 9.38. The normalized spacial score (nSPS) is 15.1. The lowest BCUT2D eigenvalue weighted by Gasteiger charge is -2.36. The van der Waals surface area contributed by atoms with Crippen molar-refractivity contribution in [3.05, 3.63) is 70.7 Å². The first-order valence-electron chi connectivity index (χ1n) is 16.0. The van der Waals surface area contributed by atoms with Crippen molar-refractivity contribution in [2.45, 2.75) is 65.8 Å². The first-order valence-corrected chi connectivity index (χ1v) is 17.6. The van der Waals surface area contributed by atoms with Crippen LogP contribution in [0, 0.1) is 0 Å². The zero-order valence-corrected chi connectivity index (χ0v) is 28.1. The molecule has 6 heteroatoms. The van der Waals surface area contributed by atoms with Gasteiger partial charge in [0, 0.05) is 30.0 Å². The Balaban J connectivity index is 1.54. The van der Waals surface area contributed by atoms with Gasteiger partial charge in [-0.05, 0) is 65.8 Å². The van der Waals surface area contributed by atoms with Crippen molar-refractivity contribution >= 4 is 45.1 Å². The summed E-state index contributed by atoms with van der Waals surface area (Å²) >= 11 is 3.83. The highest BCUT2D eigenvalue weighted by molar-refractivity contribution is 8.03. The number of fused-ring (bicyclic) bond motifs is 2. The summed E-state index contributed by atoms with van der Waals surface area (Å²) in [6, 6.07) is 17.8. The molecule has 0 saturated carbocycles. The van der Waals surface area contributed by atoms with Crippen LogP contribution in [0.15, 0.2) is 70.6 Å². The number of thioether (sulfide) groups is 1. The van der Waals surface area contributed by atoms with E-state index in [0.717, 1.165) is 13.1 Å². The van der Waals surface area contributed by atoms with Crippen molar-refractivity contribution in [2.24, 2.45) is 0 Å². The van der Waals surface area contributed by atoms with Gasteiger partial charge in [0.25, 0.3) is 5.01 Å². The highest BCUT2D eigenvalue weighted by Gasteiger charge is 2.27. The molecule has 1 aliphatic heterocycles. The maximum absolute atomic E-state index is 2.55. The van der Waals surface area contributed by atoms with Gasteiger partial charge >= 0.3 is 0 Å². The van der Waals surface area contributed by atoms with Gasteiger partial charge in [0.1, 0.15) is 4.70 Å². The Morgan fingerprint density at radius 2 is 1.37 bits per heavy atom. The maximum Gasteiger partial charge on any atom is 0.262 e. The lowest BCUT2D eigenvalue weighted by Crippen LogP contribution is -2.49. The van der Waals surface area contributed by atoms with E-state index in [1.807, 2.05) is 23.1 Å². The molecule has 0 aliphatic carbocycles. The summed E-state index contributed by atoms with van der Waals surface area (Å²) < 4.78 is 6.34. The van der Waals surface area contributed by atoms with Crippen LogP contribution in [0.5, 0.6) is 0 Å². The molecule has 4 rings (SSSR count). The number of quaternary nitrogens is 2. The molecule has 0 amide bonds. The van der Waals surface area contributed by atoms with Gasteiger partial charge in [-0.3, -0.25) is 0 Å². The summed E-state index contributed by atoms with van der Waals surface area (Å²) in [5.41, 5.74) is 2.72. The van der Waals surface area contributed by atoms with Crippen LogP contribution in [0.2, 0.25) is 0 Å². The van der Waals surface area contributed by atoms with Gasteiger partial charge in [0.15, 0.2) is 6.54 Å². The summed E-state index contributed by atoms with van der Waals surface area (Å²) in [5, 5.41) is 2.68. The van der Waals surface area contributed by atoms with Gasteiger partial charge < -0.3 is 13.9 Å². The second kappa shape index (κ2) is 14.9. The minimum Gasteiger partial charge on any atom is -0.335 e. The number of anilines is 1. The molecule has 222 valence electrons. The fraction of sp³-hybridized carbons (Fsp3) is 0.514. The summed E-state index contributed by atoms with van der Waals surface area (Å²) in [5.74, 6) is 0. The van der Waals surface area contributed by atoms with Crippen LogP contribution in [0.25, 0.3) is 16.3 Å². The molecule has 0 bridgehead atoms.